The summed E-state index contributed by atoms with van der Waals surface area (Å²) in [5.74, 6) is -0.239. The van der Waals surface area contributed by atoms with Crippen LogP contribution in [-0.4, -0.2) is 71.9 Å². The second-order valence-electron chi connectivity index (χ2n) is 9.33. The lowest BCUT2D eigenvalue weighted by atomic mass is 9.94. The molecule has 2 aromatic rings. The molecule has 2 aromatic carbocycles. The number of aliphatic hydroxyl groups excluding tert-OH is 1. The molecule has 0 unspecified atom stereocenters. The number of likely N-dealkylation sites (N-methyl/N-ethyl adjacent to an activating group) is 1. The van der Waals surface area contributed by atoms with Gasteiger partial charge < -0.3 is 24.4 Å². The minimum absolute atomic E-state index is 0.107. The molecule has 1 aliphatic rings. The molecule has 0 spiro atoms. The first-order valence-corrected chi connectivity index (χ1v) is 11.8. The van der Waals surface area contributed by atoms with Gasteiger partial charge in [0.15, 0.2) is 0 Å². The standard InChI is InChI=1S/C27H36N2O5/c1-18(2)34-27(32)28(5)15-25-19(3)14-29(20(4)16-30)26(31)24-13-9-8-12-23(24)22-11-7-6-10-21(22)17-33-25/h6-13,18-20,25,30H,14-17H2,1-5H3/t19-,20+,25+/m1/s1. The van der Waals surface area contributed by atoms with E-state index < -0.39 is 6.09 Å². The van der Waals surface area contributed by atoms with Crippen LogP contribution in [0.2, 0.25) is 0 Å². The highest BCUT2D eigenvalue weighted by Gasteiger charge is 2.31. The minimum atomic E-state index is -0.412. The van der Waals surface area contributed by atoms with E-state index in [2.05, 4.69) is 0 Å². The van der Waals surface area contributed by atoms with E-state index in [0.29, 0.717) is 25.3 Å². The van der Waals surface area contributed by atoms with Crippen LogP contribution < -0.4 is 0 Å². The van der Waals surface area contributed by atoms with Gasteiger partial charge >= 0.3 is 6.09 Å². The number of carbonyl (C=O) groups is 2. The maximum atomic E-state index is 13.8. The Bertz CT molecular complexity index is 992. The van der Waals surface area contributed by atoms with E-state index >= 15 is 0 Å². The van der Waals surface area contributed by atoms with E-state index in [9.17, 15) is 14.7 Å². The lowest BCUT2D eigenvalue weighted by molar-refractivity contribution is -0.0245. The third kappa shape index (κ3) is 5.96. The van der Waals surface area contributed by atoms with E-state index in [1.54, 1.807) is 11.9 Å². The minimum Gasteiger partial charge on any atom is -0.447 e. The van der Waals surface area contributed by atoms with E-state index in [-0.39, 0.29) is 36.7 Å². The number of fused-ring (bicyclic) bond motifs is 3. The number of aliphatic hydroxyl groups is 1. The van der Waals surface area contributed by atoms with Crippen LogP contribution in [0, 0.1) is 5.92 Å². The molecule has 0 radical (unpaired) electrons. The van der Waals surface area contributed by atoms with Gasteiger partial charge in [-0.1, -0.05) is 49.4 Å². The summed E-state index contributed by atoms with van der Waals surface area (Å²) in [5, 5.41) is 9.91. The molecular weight excluding hydrogens is 432 g/mol. The Hall–Kier alpha value is -2.90. The zero-order valence-corrected chi connectivity index (χ0v) is 20.7. The summed E-state index contributed by atoms with van der Waals surface area (Å²) in [4.78, 5) is 29.4. The van der Waals surface area contributed by atoms with Crippen molar-refractivity contribution in [3.05, 3.63) is 59.7 Å². The Balaban J connectivity index is 2.02. The highest BCUT2D eigenvalue weighted by atomic mass is 16.6. The summed E-state index contributed by atoms with van der Waals surface area (Å²) in [5.41, 5.74) is 3.34. The Morgan fingerprint density at radius 3 is 2.38 bits per heavy atom. The normalized spacial score (nSPS) is 19.6. The van der Waals surface area contributed by atoms with E-state index in [4.69, 9.17) is 9.47 Å². The second-order valence-corrected chi connectivity index (χ2v) is 9.33. The number of benzene rings is 2. The first-order chi connectivity index (χ1) is 16.2. The number of carbonyl (C=O) groups excluding carboxylic acids is 2. The van der Waals surface area contributed by atoms with Crippen LogP contribution in [0.4, 0.5) is 4.79 Å². The van der Waals surface area contributed by atoms with Gasteiger partial charge in [-0.2, -0.15) is 0 Å². The van der Waals surface area contributed by atoms with Crippen molar-refractivity contribution in [2.45, 2.75) is 52.6 Å². The van der Waals surface area contributed by atoms with E-state index in [1.165, 1.54) is 4.90 Å². The number of ether oxygens (including phenoxy) is 2. The molecular formula is C27H36N2O5. The number of rotatable bonds is 5. The molecule has 1 aliphatic heterocycles. The van der Waals surface area contributed by atoms with Gasteiger partial charge in [-0.3, -0.25) is 4.79 Å². The monoisotopic (exact) mass is 468 g/mol. The maximum Gasteiger partial charge on any atom is 0.409 e. The first-order valence-electron chi connectivity index (χ1n) is 11.8. The molecule has 7 nitrogen and oxygen atoms in total. The van der Waals surface area contributed by atoms with Gasteiger partial charge in [-0.25, -0.2) is 4.79 Å². The van der Waals surface area contributed by atoms with Crippen molar-refractivity contribution in [3.8, 4) is 11.1 Å². The highest BCUT2D eigenvalue weighted by Crippen LogP contribution is 2.31. The topological polar surface area (TPSA) is 79.3 Å². The van der Waals surface area contributed by atoms with Gasteiger partial charge in [0.25, 0.3) is 5.91 Å². The summed E-state index contributed by atoms with van der Waals surface area (Å²) in [7, 11) is 1.69. The van der Waals surface area contributed by atoms with Gasteiger partial charge in [0.05, 0.1) is 38.0 Å². The summed E-state index contributed by atoms with van der Waals surface area (Å²) in [6.45, 7) is 8.35. The molecule has 3 atom stereocenters. The van der Waals surface area contributed by atoms with Crippen LogP contribution in [0.3, 0.4) is 0 Å². The first kappa shape index (κ1) is 25.7. The lowest BCUT2D eigenvalue weighted by Crippen LogP contribution is -2.47. The SMILES string of the molecule is CC(C)OC(=O)N(C)C[C@@H]1OCc2ccccc2-c2ccccc2C(=O)N([C@@H](C)CO)C[C@H]1C. The average Bonchev–Trinajstić information content (AvgIpc) is 2.84. The van der Waals surface area contributed by atoms with Crippen LogP contribution >= 0.6 is 0 Å². The Morgan fingerprint density at radius 1 is 1.12 bits per heavy atom. The third-order valence-electron chi connectivity index (χ3n) is 6.20. The number of hydrogen-bond donors (Lipinski definition) is 1. The smallest absolute Gasteiger partial charge is 0.409 e. The lowest BCUT2D eigenvalue weighted by Gasteiger charge is -2.35. The van der Waals surface area contributed by atoms with E-state index in [0.717, 1.165) is 16.7 Å². The Morgan fingerprint density at radius 2 is 1.74 bits per heavy atom. The van der Waals surface area contributed by atoms with Crippen LogP contribution in [0.25, 0.3) is 11.1 Å². The van der Waals surface area contributed by atoms with Crippen molar-refractivity contribution < 1.29 is 24.2 Å². The largest absolute Gasteiger partial charge is 0.447 e. The summed E-state index contributed by atoms with van der Waals surface area (Å²) >= 11 is 0. The molecule has 0 saturated heterocycles. The van der Waals surface area contributed by atoms with E-state index in [1.807, 2.05) is 76.2 Å². The van der Waals surface area contributed by atoms with Crippen molar-refractivity contribution in [3.63, 3.8) is 0 Å². The van der Waals surface area contributed by atoms with Crippen LogP contribution in [0.15, 0.2) is 48.5 Å². The van der Waals surface area contributed by atoms with Crippen LogP contribution in [0.5, 0.6) is 0 Å². The summed E-state index contributed by atoms with van der Waals surface area (Å²) < 4.78 is 11.7. The molecule has 0 bridgehead atoms. The summed E-state index contributed by atoms with van der Waals surface area (Å²) in [6, 6.07) is 15.1. The van der Waals surface area contributed by atoms with Gasteiger partial charge in [0.1, 0.15) is 0 Å². The molecule has 1 heterocycles. The van der Waals surface area contributed by atoms with Crippen molar-refractivity contribution >= 4 is 12.0 Å². The average molecular weight is 469 g/mol. The van der Waals surface area contributed by atoms with Gasteiger partial charge in [0, 0.05) is 25.1 Å². The number of amides is 2. The quantitative estimate of drug-likeness (QED) is 0.712. The fourth-order valence-corrected chi connectivity index (χ4v) is 4.19. The predicted octanol–water partition coefficient (Wildman–Crippen LogP) is 4.19. The Labute approximate surface area is 202 Å². The predicted molar refractivity (Wildman–Crippen MR) is 131 cm³/mol. The second kappa shape index (κ2) is 11.5. The molecule has 3 rings (SSSR count). The van der Waals surface area contributed by atoms with Crippen molar-refractivity contribution in [1.82, 2.24) is 9.80 Å². The van der Waals surface area contributed by atoms with Crippen LogP contribution in [-0.2, 0) is 16.1 Å². The van der Waals surface area contributed by atoms with Crippen molar-refractivity contribution in [2.75, 3.05) is 26.7 Å². The van der Waals surface area contributed by atoms with Crippen molar-refractivity contribution in [1.29, 1.82) is 0 Å². The maximum absolute atomic E-state index is 13.8. The van der Waals surface area contributed by atoms with Gasteiger partial charge in [0.2, 0.25) is 0 Å². The molecule has 0 saturated carbocycles. The van der Waals surface area contributed by atoms with Gasteiger partial charge in [-0.15, -0.1) is 0 Å². The molecule has 184 valence electrons. The molecule has 2 amide bonds. The zero-order valence-electron chi connectivity index (χ0n) is 20.7. The molecule has 0 aliphatic carbocycles. The number of nitrogens with zero attached hydrogens (tertiary/aromatic N) is 2. The van der Waals surface area contributed by atoms with Gasteiger partial charge in [-0.05, 0) is 43.5 Å². The molecule has 0 fully saturated rings. The molecule has 7 heteroatoms. The third-order valence-corrected chi connectivity index (χ3v) is 6.20. The highest BCUT2D eigenvalue weighted by molar-refractivity contribution is 6.01. The summed E-state index contributed by atoms with van der Waals surface area (Å²) in [6.07, 6.45) is -0.977. The zero-order chi connectivity index (χ0) is 24.8. The molecule has 1 N–H and O–H groups in total. The van der Waals surface area contributed by atoms with Crippen LogP contribution in [0.1, 0.15) is 43.6 Å². The molecule has 34 heavy (non-hydrogen) atoms. The fraction of sp³-hybridized carbons (Fsp3) is 0.481. The number of hydrogen-bond acceptors (Lipinski definition) is 5. The van der Waals surface area contributed by atoms with Crippen molar-refractivity contribution in [2.24, 2.45) is 5.92 Å². The fourth-order valence-electron chi connectivity index (χ4n) is 4.19. The molecule has 0 aromatic heterocycles. The Kier molecular flexibility index (Phi) is 8.69.